The third kappa shape index (κ3) is 3.28. The highest BCUT2D eigenvalue weighted by Crippen LogP contribution is 2.52. The number of carbonyl (C=O) groups excluding carboxylic acids is 2. The van der Waals surface area contributed by atoms with Gasteiger partial charge in [0.25, 0.3) is 0 Å². The number of nitrogens with zero attached hydrogens (tertiary/aromatic N) is 2. The Balaban J connectivity index is 1.85. The highest BCUT2D eigenvalue weighted by Gasteiger charge is 2.54. The molecule has 148 valence electrons. The molecule has 1 saturated carbocycles. The molecule has 26 heavy (non-hydrogen) atoms. The van der Waals surface area contributed by atoms with Gasteiger partial charge in [-0.15, -0.1) is 0 Å². The van der Waals surface area contributed by atoms with Crippen LogP contribution >= 0.6 is 0 Å². The van der Waals surface area contributed by atoms with Crippen LogP contribution in [0.4, 0.5) is 0 Å². The van der Waals surface area contributed by atoms with Crippen LogP contribution in [0.5, 0.6) is 0 Å². The summed E-state index contributed by atoms with van der Waals surface area (Å²) in [5, 5.41) is 0. The average Bonchev–Trinajstić information content (AvgIpc) is 2.63. The van der Waals surface area contributed by atoms with Crippen molar-refractivity contribution in [1.29, 1.82) is 0 Å². The van der Waals surface area contributed by atoms with Crippen molar-refractivity contribution < 1.29 is 9.59 Å². The molecule has 5 heteroatoms. The van der Waals surface area contributed by atoms with Gasteiger partial charge in [-0.05, 0) is 70.6 Å². The van der Waals surface area contributed by atoms with E-state index in [0.29, 0.717) is 6.54 Å². The first-order valence-corrected chi connectivity index (χ1v) is 10.1. The number of nitrogens with two attached hydrogens (primary N) is 1. The van der Waals surface area contributed by atoms with E-state index in [1.165, 1.54) is 0 Å². The molecule has 2 aliphatic heterocycles. The molecule has 3 rings (SSSR count). The summed E-state index contributed by atoms with van der Waals surface area (Å²) in [6.07, 6.45) is 4.57. The van der Waals surface area contributed by atoms with Crippen LogP contribution < -0.4 is 5.73 Å². The number of rotatable bonds is 0. The van der Waals surface area contributed by atoms with Crippen molar-refractivity contribution in [3.8, 4) is 0 Å². The molecule has 2 N–H and O–H groups in total. The summed E-state index contributed by atoms with van der Waals surface area (Å²) in [6, 6.07) is 0.253. The van der Waals surface area contributed by atoms with Crippen LogP contribution in [0.15, 0.2) is 0 Å². The molecule has 2 heterocycles. The molecule has 1 aliphatic carbocycles. The minimum absolute atomic E-state index is 0.0601. The quantitative estimate of drug-likeness (QED) is 0.673. The monoisotopic (exact) mass is 363 g/mol. The molecule has 0 aromatic carbocycles. The summed E-state index contributed by atoms with van der Waals surface area (Å²) in [7, 11) is 0. The lowest BCUT2D eigenvalue weighted by Gasteiger charge is -2.54. The Labute approximate surface area is 158 Å². The molecule has 3 fully saturated rings. The van der Waals surface area contributed by atoms with Gasteiger partial charge in [0.2, 0.25) is 0 Å². The summed E-state index contributed by atoms with van der Waals surface area (Å²) in [4.78, 5) is 30.4. The molecular formula is C21H37N3O2. The highest BCUT2D eigenvalue weighted by molar-refractivity contribution is 6.35. The summed E-state index contributed by atoms with van der Waals surface area (Å²) in [6.45, 7) is 15.7. The molecule has 3 aliphatic rings. The number of amides is 2. The zero-order chi connectivity index (χ0) is 19.7. The summed E-state index contributed by atoms with van der Waals surface area (Å²) >= 11 is 0. The van der Waals surface area contributed by atoms with Crippen LogP contribution in [0.2, 0.25) is 0 Å². The van der Waals surface area contributed by atoms with E-state index in [-0.39, 0.29) is 34.7 Å². The third-order valence-electron chi connectivity index (χ3n) is 6.80. The Morgan fingerprint density at radius 3 is 1.92 bits per heavy atom. The Hall–Kier alpha value is -1.10. The SMILES string of the molecule is CC1(C)CC2CC(C)(CN2C(=O)C(=O)N2C(C)(C)CC(N)CC2(C)C)C1. The Kier molecular flexibility index (Phi) is 4.31. The van der Waals surface area contributed by atoms with Gasteiger partial charge in [-0.1, -0.05) is 20.8 Å². The topological polar surface area (TPSA) is 66.6 Å². The van der Waals surface area contributed by atoms with Crippen molar-refractivity contribution >= 4 is 11.8 Å². The van der Waals surface area contributed by atoms with E-state index < -0.39 is 11.1 Å². The number of hydrogen-bond donors (Lipinski definition) is 1. The van der Waals surface area contributed by atoms with Gasteiger partial charge in [0, 0.05) is 29.7 Å². The second-order valence-electron chi connectivity index (χ2n) is 11.6. The Morgan fingerprint density at radius 2 is 1.38 bits per heavy atom. The maximum Gasteiger partial charge on any atom is 0.312 e. The van der Waals surface area contributed by atoms with Crippen molar-refractivity contribution in [2.75, 3.05) is 6.54 Å². The number of piperidine rings is 1. The predicted molar refractivity (Wildman–Crippen MR) is 103 cm³/mol. The molecule has 0 radical (unpaired) electrons. The van der Waals surface area contributed by atoms with Crippen LogP contribution in [0.3, 0.4) is 0 Å². The van der Waals surface area contributed by atoms with Gasteiger partial charge < -0.3 is 15.5 Å². The number of likely N-dealkylation sites (tertiary alicyclic amines) is 2. The van der Waals surface area contributed by atoms with Gasteiger partial charge in [-0.3, -0.25) is 9.59 Å². The Bertz CT molecular complexity index is 607. The number of carbonyl (C=O) groups is 2. The van der Waals surface area contributed by atoms with Crippen molar-refractivity contribution in [2.24, 2.45) is 16.6 Å². The molecule has 0 aromatic rings. The molecule has 2 amide bonds. The van der Waals surface area contributed by atoms with Crippen molar-refractivity contribution in [2.45, 2.75) is 104 Å². The normalized spacial score (nSPS) is 35.5. The van der Waals surface area contributed by atoms with Crippen molar-refractivity contribution in [3.63, 3.8) is 0 Å². The first kappa shape index (κ1) is 19.7. The summed E-state index contributed by atoms with van der Waals surface area (Å²) < 4.78 is 0. The van der Waals surface area contributed by atoms with Crippen LogP contribution in [0.25, 0.3) is 0 Å². The maximum absolute atomic E-state index is 13.4. The third-order valence-corrected chi connectivity index (χ3v) is 6.80. The average molecular weight is 364 g/mol. The predicted octanol–water partition coefficient (Wildman–Crippen LogP) is 2.92. The number of hydrogen-bond acceptors (Lipinski definition) is 3. The van der Waals surface area contributed by atoms with Crippen LogP contribution in [-0.2, 0) is 9.59 Å². The van der Waals surface area contributed by atoms with E-state index in [9.17, 15) is 9.59 Å². The molecule has 2 bridgehead atoms. The van der Waals surface area contributed by atoms with E-state index in [0.717, 1.165) is 32.1 Å². The molecule has 2 unspecified atom stereocenters. The molecule has 2 saturated heterocycles. The number of fused-ring (bicyclic) bond motifs is 2. The summed E-state index contributed by atoms with van der Waals surface area (Å²) in [5.74, 6) is -0.658. The molecule has 0 aromatic heterocycles. The minimum Gasteiger partial charge on any atom is -0.331 e. The summed E-state index contributed by atoms with van der Waals surface area (Å²) in [5.41, 5.74) is 5.77. The zero-order valence-corrected chi connectivity index (χ0v) is 17.7. The minimum atomic E-state index is -0.411. The van der Waals surface area contributed by atoms with Gasteiger partial charge in [-0.25, -0.2) is 0 Å². The van der Waals surface area contributed by atoms with Crippen LogP contribution in [0, 0.1) is 10.8 Å². The van der Waals surface area contributed by atoms with Gasteiger partial charge in [0.05, 0.1) is 0 Å². The van der Waals surface area contributed by atoms with E-state index in [1.807, 2.05) is 37.5 Å². The van der Waals surface area contributed by atoms with Gasteiger partial charge in [-0.2, -0.15) is 0 Å². The van der Waals surface area contributed by atoms with E-state index >= 15 is 0 Å². The lowest BCUT2D eigenvalue weighted by atomic mass is 9.65. The van der Waals surface area contributed by atoms with E-state index in [2.05, 4.69) is 20.8 Å². The molecule has 2 atom stereocenters. The second kappa shape index (κ2) is 5.70. The smallest absolute Gasteiger partial charge is 0.312 e. The van der Waals surface area contributed by atoms with Gasteiger partial charge in [0.1, 0.15) is 0 Å². The fraction of sp³-hybridized carbons (Fsp3) is 0.905. The Morgan fingerprint density at radius 1 is 0.846 bits per heavy atom. The fourth-order valence-corrected chi connectivity index (χ4v) is 6.82. The van der Waals surface area contributed by atoms with Crippen molar-refractivity contribution in [3.05, 3.63) is 0 Å². The first-order chi connectivity index (χ1) is 11.7. The first-order valence-electron chi connectivity index (χ1n) is 10.1. The lowest BCUT2D eigenvalue weighted by molar-refractivity contribution is -0.164. The molecular weight excluding hydrogens is 326 g/mol. The molecule has 0 spiro atoms. The molecule has 5 nitrogen and oxygen atoms in total. The maximum atomic E-state index is 13.4. The van der Waals surface area contributed by atoms with E-state index in [1.54, 1.807) is 0 Å². The fourth-order valence-electron chi connectivity index (χ4n) is 6.82. The van der Waals surface area contributed by atoms with Gasteiger partial charge in [0.15, 0.2) is 0 Å². The lowest BCUT2D eigenvalue weighted by Crippen LogP contribution is -2.67. The second-order valence-corrected chi connectivity index (χ2v) is 11.6. The van der Waals surface area contributed by atoms with Crippen LogP contribution in [-0.4, -0.2) is 51.3 Å². The zero-order valence-electron chi connectivity index (χ0n) is 17.7. The highest BCUT2D eigenvalue weighted by atomic mass is 16.2. The van der Waals surface area contributed by atoms with Crippen molar-refractivity contribution in [1.82, 2.24) is 9.80 Å². The van der Waals surface area contributed by atoms with E-state index in [4.69, 9.17) is 5.73 Å². The standard InChI is InChI=1S/C21H37N3O2/c1-18(2)10-15-11-21(7,12-18)13-23(15)16(25)17(26)24-19(3,4)8-14(22)9-20(24,5)6/h14-15H,8-13,22H2,1-7H3. The van der Waals surface area contributed by atoms with Gasteiger partial charge >= 0.3 is 11.8 Å². The largest absolute Gasteiger partial charge is 0.331 e. The van der Waals surface area contributed by atoms with Crippen LogP contribution in [0.1, 0.15) is 80.6 Å².